The molecule has 1 aromatic carbocycles. The maximum atomic E-state index is 11.9. The number of unbranched alkanes of at least 4 members (excludes halogenated alkanes) is 3. The van der Waals surface area contributed by atoms with Crippen LogP contribution in [0, 0.1) is 0 Å². The summed E-state index contributed by atoms with van der Waals surface area (Å²) in [6.45, 7) is 7.38. The number of carbonyl (C=O) groups is 1. The van der Waals surface area contributed by atoms with E-state index in [4.69, 9.17) is 4.74 Å². The van der Waals surface area contributed by atoms with Gasteiger partial charge in [0.1, 0.15) is 6.54 Å². The van der Waals surface area contributed by atoms with Gasteiger partial charge in [-0.3, -0.25) is 4.79 Å². The minimum absolute atomic E-state index is 0.151. The van der Waals surface area contributed by atoms with Crippen LogP contribution in [0.15, 0.2) is 30.5 Å². The van der Waals surface area contributed by atoms with E-state index in [9.17, 15) is 4.79 Å². The standard InChI is InChI=1S/C19H27NO2/c1-4-5-6-7-12-22-19(21)14-20-11-10-17-13-16(15(2)3)8-9-18(17)20/h8-11,13,15H,4-7,12,14H2,1-3H3. The third-order valence-electron chi connectivity index (χ3n) is 4.02. The van der Waals surface area contributed by atoms with Crippen LogP contribution in [0.2, 0.25) is 0 Å². The molecule has 0 saturated carbocycles. The summed E-state index contributed by atoms with van der Waals surface area (Å²) in [6, 6.07) is 8.50. The van der Waals surface area contributed by atoms with Crippen molar-refractivity contribution in [2.24, 2.45) is 0 Å². The van der Waals surface area contributed by atoms with E-state index in [0.29, 0.717) is 12.5 Å². The van der Waals surface area contributed by atoms with E-state index in [2.05, 4.69) is 45.0 Å². The van der Waals surface area contributed by atoms with Gasteiger partial charge in [-0.25, -0.2) is 0 Å². The molecule has 0 aliphatic carbocycles. The summed E-state index contributed by atoms with van der Waals surface area (Å²) in [5, 5.41) is 1.18. The van der Waals surface area contributed by atoms with Gasteiger partial charge in [-0.15, -0.1) is 0 Å². The van der Waals surface area contributed by atoms with Gasteiger partial charge in [0, 0.05) is 11.7 Å². The van der Waals surface area contributed by atoms with Crippen LogP contribution in [-0.2, 0) is 16.1 Å². The highest BCUT2D eigenvalue weighted by molar-refractivity contribution is 5.82. The van der Waals surface area contributed by atoms with Crippen LogP contribution in [0.25, 0.3) is 10.9 Å². The van der Waals surface area contributed by atoms with Gasteiger partial charge >= 0.3 is 5.97 Å². The lowest BCUT2D eigenvalue weighted by atomic mass is 10.0. The summed E-state index contributed by atoms with van der Waals surface area (Å²) in [5.74, 6) is 0.364. The summed E-state index contributed by atoms with van der Waals surface area (Å²) < 4.78 is 7.28. The first kappa shape index (κ1) is 16.6. The van der Waals surface area contributed by atoms with Crippen LogP contribution < -0.4 is 0 Å². The Morgan fingerprint density at radius 3 is 2.73 bits per heavy atom. The lowest BCUT2D eigenvalue weighted by molar-refractivity contribution is -0.144. The highest BCUT2D eigenvalue weighted by Gasteiger charge is 2.08. The number of ether oxygens (including phenoxy) is 1. The van der Waals surface area contributed by atoms with E-state index in [0.717, 1.165) is 18.4 Å². The van der Waals surface area contributed by atoms with Gasteiger partial charge in [-0.05, 0) is 41.5 Å². The van der Waals surface area contributed by atoms with Gasteiger partial charge in [-0.1, -0.05) is 46.1 Å². The van der Waals surface area contributed by atoms with Gasteiger partial charge in [0.25, 0.3) is 0 Å². The van der Waals surface area contributed by atoms with Crippen LogP contribution in [0.4, 0.5) is 0 Å². The number of hydrogen-bond acceptors (Lipinski definition) is 2. The Morgan fingerprint density at radius 2 is 2.00 bits per heavy atom. The first-order valence-corrected chi connectivity index (χ1v) is 8.36. The Morgan fingerprint density at radius 1 is 1.18 bits per heavy atom. The van der Waals surface area contributed by atoms with Crippen LogP contribution in [-0.4, -0.2) is 17.1 Å². The molecule has 0 aliphatic rings. The molecule has 0 aliphatic heterocycles. The molecule has 2 aromatic rings. The van der Waals surface area contributed by atoms with Gasteiger partial charge in [0.05, 0.1) is 6.61 Å². The Kier molecular flexibility index (Phi) is 6.05. The van der Waals surface area contributed by atoms with Crippen molar-refractivity contribution in [1.29, 1.82) is 0 Å². The number of hydrogen-bond donors (Lipinski definition) is 0. The van der Waals surface area contributed by atoms with Crippen molar-refractivity contribution in [2.75, 3.05) is 6.61 Å². The minimum atomic E-state index is -0.151. The molecule has 3 heteroatoms. The zero-order valence-corrected chi connectivity index (χ0v) is 14.0. The molecule has 1 heterocycles. The monoisotopic (exact) mass is 301 g/mol. The van der Waals surface area contributed by atoms with Crippen LogP contribution in [0.1, 0.15) is 57.9 Å². The molecule has 0 amide bonds. The molecule has 0 atom stereocenters. The van der Waals surface area contributed by atoms with Crippen LogP contribution in [0.3, 0.4) is 0 Å². The van der Waals surface area contributed by atoms with Crippen LogP contribution >= 0.6 is 0 Å². The largest absolute Gasteiger partial charge is 0.464 e. The number of fused-ring (bicyclic) bond motifs is 1. The Labute approximate surface area is 133 Å². The van der Waals surface area contributed by atoms with Gasteiger partial charge in [-0.2, -0.15) is 0 Å². The van der Waals surface area contributed by atoms with Gasteiger partial charge in [0.15, 0.2) is 0 Å². The van der Waals surface area contributed by atoms with Crippen molar-refractivity contribution >= 4 is 16.9 Å². The van der Waals surface area contributed by atoms with E-state index in [-0.39, 0.29) is 12.5 Å². The molecule has 0 bridgehead atoms. The van der Waals surface area contributed by atoms with Crippen molar-refractivity contribution in [1.82, 2.24) is 4.57 Å². The molecule has 3 nitrogen and oxygen atoms in total. The summed E-state index contributed by atoms with van der Waals surface area (Å²) >= 11 is 0. The van der Waals surface area contributed by atoms with E-state index < -0.39 is 0 Å². The first-order valence-electron chi connectivity index (χ1n) is 8.36. The number of esters is 1. The normalized spacial score (nSPS) is 11.3. The first-order chi connectivity index (χ1) is 10.6. The molecule has 0 fully saturated rings. The van der Waals surface area contributed by atoms with Crippen molar-refractivity contribution in [3.8, 4) is 0 Å². The van der Waals surface area contributed by atoms with Gasteiger partial charge < -0.3 is 9.30 Å². The van der Waals surface area contributed by atoms with E-state index >= 15 is 0 Å². The third kappa shape index (κ3) is 4.36. The molecule has 2 rings (SSSR count). The highest BCUT2D eigenvalue weighted by Crippen LogP contribution is 2.22. The molecular weight excluding hydrogens is 274 g/mol. The lowest BCUT2D eigenvalue weighted by Crippen LogP contribution is -2.13. The molecule has 0 unspecified atom stereocenters. The third-order valence-corrected chi connectivity index (χ3v) is 4.02. The smallest absolute Gasteiger partial charge is 0.325 e. The van der Waals surface area contributed by atoms with Gasteiger partial charge in [0.2, 0.25) is 0 Å². The summed E-state index contributed by atoms with van der Waals surface area (Å²) in [6.07, 6.45) is 6.46. The SMILES string of the molecule is CCCCCCOC(=O)Cn1ccc2cc(C(C)C)ccc21. The van der Waals surface area contributed by atoms with Crippen molar-refractivity contribution in [3.05, 3.63) is 36.0 Å². The number of carbonyl (C=O) groups excluding carboxylic acids is 1. The fraction of sp³-hybridized carbons (Fsp3) is 0.526. The highest BCUT2D eigenvalue weighted by atomic mass is 16.5. The average molecular weight is 301 g/mol. The molecule has 0 radical (unpaired) electrons. The lowest BCUT2D eigenvalue weighted by Gasteiger charge is -2.08. The maximum Gasteiger partial charge on any atom is 0.325 e. The number of benzene rings is 1. The predicted molar refractivity (Wildman–Crippen MR) is 91.1 cm³/mol. The topological polar surface area (TPSA) is 31.2 Å². The predicted octanol–water partition coefficient (Wildman–Crippen LogP) is 4.89. The molecule has 0 saturated heterocycles. The summed E-state index contributed by atoms with van der Waals surface area (Å²) in [4.78, 5) is 11.9. The average Bonchev–Trinajstić information content (AvgIpc) is 2.89. The second-order valence-corrected chi connectivity index (χ2v) is 6.20. The number of aromatic nitrogens is 1. The quantitative estimate of drug-likeness (QED) is 0.513. The maximum absolute atomic E-state index is 11.9. The Balaban J connectivity index is 1.92. The number of nitrogens with zero attached hydrogens (tertiary/aromatic N) is 1. The summed E-state index contributed by atoms with van der Waals surface area (Å²) in [7, 11) is 0. The van der Waals surface area contributed by atoms with E-state index in [1.54, 1.807) is 0 Å². The Hall–Kier alpha value is -1.77. The molecule has 22 heavy (non-hydrogen) atoms. The molecule has 0 N–H and O–H groups in total. The van der Waals surface area contributed by atoms with Crippen molar-refractivity contribution in [3.63, 3.8) is 0 Å². The minimum Gasteiger partial charge on any atom is -0.464 e. The fourth-order valence-corrected chi connectivity index (χ4v) is 2.62. The number of rotatable bonds is 8. The van der Waals surface area contributed by atoms with Crippen molar-refractivity contribution < 1.29 is 9.53 Å². The van der Waals surface area contributed by atoms with E-state index in [1.807, 2.05) is 10.8 Å². The second kappa shape index (κ2) is 8.02. The Bertz CT molecular complexity index is 613. The van der Waals surface area contributed by atoms with Crippen molar-refractivity contribution in [2.45, 2.75) is 58.9 Å². The summed E-state index contributed by atoms with van der Waals surface area (Å²) in [5.41, 5.74) is 2.41. The molecule has 1 aromatic heterocycles. The second-order valence-electron chi connectivity index (χ2n) is 6.20. The fourth-order valence-electron chi connectivity index (χ4n) is 2.62. The zero-order chi connectivity index (χ0) is 15.9. The van der Waals surface area contributed by atoms with Crippen LogP contribution in [0.5, 0.6) is 0 Å². The van der Waals surface area contributed by atoms with E-state index in [1.165, 1.54) is 23.8 Å². The molecular formula is C19H27NO2. The molecule has 0 spiro atoms. The molecule has 120 valence electrons. The zero-order valence-electron chi connectivity index (χ0n) is 14.0.